The summed E-state index contributed by atoms with van der Waals surface area (Å²) >= 11 is 3.57. The highest BCUT2D eigenvalue weighted by molar-refractivity contribution is 9.10. The average molecular weight is 317 g/mol. The van der Waals surface area contributed by atoms with E-state index in [1.54, 1.807) is 7.11 Å². The Morgan fingerprint density at radius 1 is 1.21 bits per heavy atom. The highest BCUT2D eigenvalue weighted by Crippen LogP contribution is 2.31. The third-order valence-corrected chi connectivity index (χ3v) is 3.72. The smallest absolute Gasteiger partial charge is 0.137 e. The Morgan fingerprint density at radius 2 is 2.05 bits per heavy atom. The largest absolute Gasteiger partial charge is 0.497 e. The van der Waals surface area contributed by atoms with Crippen molar-refractivity contribution < 1.29 is 4.74 Å². The Balaban J connectivity index is 2.13. The number of imidazole rings is 1. The third kappa shape index (κ3) is 2.24. The van der Waals surface area contributed by atoms with Crippen LogP contribution < -0.4 is 4.74 Å². The van der Waals surface area contributed by atoms with Crippen molar-refractivity contribution in [1.82, 2.24) is 9.38 Å². The zero-order valence-electron chi connectivity index (χ0n) is 10.7. The molecule has 0 atom stereocenters. The second-order valence-electron chi connectivity index (χ2n) is 4.44. The number of pyridine rings is 1. The van der Waals surface area contributed by atoms with Gasteiger partial charge in [0, 0.05) is 22.4 Å². The Kier molecular flexibility index (Phi) is 3.03. The Morgan fingerprint density at radius 3 is 2.79 bits per heavy atom. The normalized spacial score (nSPS) is 10.9. The molecule has 0 saturated heterocycles. The van der Waals surface area contributed by atoms with Gasteiger partial charge in [-0.2, -0.15) is 0 Å². The fourth-order valence-electron chi connectivity index (χ4n) is 2.04. The van der Waals surface area contributed by atoms with Crippen LogP contribution in [0.2, 0.25) is 0 Å². The first kappa shape index (κ1) is 12.2. The van der Waals surface area contributed by atoms with Crippen molar-refractivity contribution in [1.29, 1.82) is 0 Å². The Bertz CT molecular complexity index is 749. The number of ether oxygens (including phenoxy) is 1. The van der Waals surface area contributed by atoms with Gasteiger partial charge in [-0.05, 0) is 58.7 Å². The van der Waals surface area contributed by atoms with Crippen LogP contribution in [0.25, 0.3) is 16.9 Å². The van der Waals surface area contributed by atoms with Crippen molar-refractivity contribution >= 4 is 21.6 Å². The van der Waals surface area contributed by atoms with Crippen molar-refractivity contribution in [3.63, 3.8) is 0 Å². The average Bonchev–Trinajstić information content (AvgIpc) is 2.81. The highest BCUT2D eigenvalue weighted by atomic mass is 79.9. The van der Waals surface area contributed by atoms with Crippen molar-refractivity contribution in [3.8, 4) is 17.0 Å². The molecule has 0 aliphatic carbocycles. The number of halogens is 1. The lowest BCUT2D eigenvalue weighted by Crippen LogP contribution is -1.84. The van der Waals surface area contributed by atoms with Gasteiger partial charge >= 0.3 is 0 Å². The number of methoxy groups -OCH3 is 1. The molecule has 0 N–H and O–H groups in total. The molecule has 0 radical (unpaired) electrons. The second kappa shape index (κ2) is 4.70. The van der Waals surface area contributed by atoms with E-state index in [-0.39, 0.29) is 0 Å². The van der Waals surface area contributed by atoms with E-state index in [1.807, 2.05) is 35.0 Å². The molecule has 0 aliphatic heterocycles. The van der Waals surface area contributed by atoms with Gasteiger partial charge < -0.3 is 9.14 Å². The molecular formula is C15H13BrN2O. The van der Waals surface area contributed by atoms with Crippen molar-refractivity contribution in [2.24, 2.45) is 0 Å². The number of rotatable bonds is 2. The van der Waals surface area contributed by atoms with Gasteiger partial charge in [0.05, 0.1) is 12.8 Å². The first-order valence-electron chi connectivity index (χ1n) is 5.96. The molecule has 0 aliphatic rings. The molecule has 4 heteroatoms. The van der Waals surface area contributed by atoms with Crippen LogP contribution in [0.5, 0.6) is 5.75 Å². The van der Waals surface area contributed by atoms with E-state index in [1.165, 1.54) is 5.56 Å². The number of fused-ring (bicyclic) bond motifs is 1. The maximum absolute atomic E-state index is 5.20. The summed E-state index contributed by atoms with van der Waals surface area (Å²) in [5, 5.41) is 0. The number of nitrogens with zero attached hydrogens (tertiary/aromatic N) is 2. The van der Waals surface area contributed by atoms with Gasteiger partial charge in [-0.15, -0.1) is 0 Å². The summed E-state index contributed by atoms with van der Waals surface area (Å²) < 4.78 is 8.21. The van der Waals surface area contributed by atoms with Gasteiger partial charge in [0.25, 0.3) is 0 Å². The van der Waals surface area contributed by atoms with E-state index >= 15 is 0 Å². The van der Waals surface area contributed by atoms with Gasteiger partial charge in [-0.3, -0.25) is 0 Å². The first-order chi connectivity index (χ1) is 9.17. The van der Waals surface area contributed by atoms with Crippen LogP contribution >= 0.6 is 15.9 Å². The van der Waals surface area contributed by atoms with Gasteiger partial charge in [-0.1, -0.05) is 0 Å². The number of hydrogen-bond donors (Lipinski definition) is 0. The van der Waals surface area contributed by atoms with Gasteiger partial charge in [0.2, 0.25) is 0 Å². The minimum Gasteiger partial charge on any atom is -0.497 e. The predicted molar refractivity (Wildman–Crippen MR) is 79.6 cm³/mol. The van der Waals surface area contributed by atoms with Gasteiger partial charge in [0.15, 0.2) is 0 Å². The summed E-state index contributed by atoms with van der Waals surface area (Å²) in [7, 11) is 1.66. The maximum Gasteiger partial charge on any atom is 0.137 e. The van der Waals surface area contributed by atoms with E-state index in [0.29, 0.717) is 0 Å². The molecule has 0 bridgehead atoms. The molecule has 3 rings (SSSR count). The van der Waals surface area contributed by atoms with Crippen LogP contribution in [0.15, 0.2) is 47.2 Å². The fourth-order valence-corrected chi connectivity index (χ4v) is 2.60. The second-order valence-corrected chi connectivity index (χ2v) is 5.30. The van der Waals surface area contributed by atoms with E-state index in [2.05, 4.69) is 40.0 Å². The molecule has 0 amide bonds. The van der Waals surface area contributed by atoms with Gasteiger partial charge in [-0.25, -0.2) is 4.98 Å². The maximum atomic E-state index is 5.20. The van der Waals surface area contributed by atoms with Crippen molar-refractivity contribution in [2.75, 3.05) is 7.11 Å². The highest BCUT2D eigenvalue weighted by Gasteiger charge is 2.09. The lowest BCUT2D eigenvalue weighted by atomic mass is 10.1. The lowest BCUT2D eigenvalue weighted by Gasteiger charge is -2.04. The first-order valence-corrected chi connectivity index (χ1v) is 6.76. The van der Waals surface area contributed by atoms with Gasteiger partial charge in [0.1, 0.15) is 11.4 Å². The van der Waals surface area contributed by atoms with E-state index in [9.17, 15) is 0 Å². The summed E-state index contributed by atoms with van der Waals surface area (Å²) in [4.78, 5) is 4.65. The molecule has 0 saturated carbocycles. The number of aromatic nitrogens is 2. The van der Waals surface area contributed by atoms with Crippen LogP contribution in [0.3, 0.4) is 0 Å². The molecular weight excluding hydrogens is 304 g/mol. The van der Waals surface area contributed by atoms with E-state index in [4.69, 9.17) is 4.74 Å². The SMILES string of the molecule is COc1ccc(-c2cn3ccc(C)cc3n2)c(Br)c1. The quantitative estimate of drug-likeness (QED) is 0.712. The van der Waals surface area contributed by atoms with Crippen molar-refractivity contribution in [2.45, 2.75) is 6.92 Å². The van der Waals surface area contributed by atoms with Crippen LogP contribution in [0, 0.1) is 6.92 Å². The number of benzene rings is 1. The molecule has 3 aromatic rings. The summed E-state index contributed by atoms with van der Waals surface area (Å²) in [6, 6.07) is 10.0. The summed E-state index contributed by atoms with van der Waals surface area (Å²) in [6.45, 7) is 2.07. The number of hydrogen-bond acceptors (Lipinski definition) is 2. The molecule has 1 aromatic carbocycles. The lowest BCUT2D eigenvalue weighted by molar-refractivity contribution is 0.414. The van der Waals surface area contributed by atoms with Crippen LogP contribution in [0.1, 0.15) is 5.56 Å². The topological polar surface area (TPSA) is 26.5 Å². The zero-order valence-corrected chi connectivity index (χ0v) is 12.3. The third-order valence-electron chi connectivity index (χ3n) is 3.07. The van der Waals surface area contributed by atoms with Crippen LogP contribution in [0.4, 0.5) is 0 Å². The molecule has 0 fully saturated rings. The summed E-state index contributed by atoms with van der Waals surface area (Å²) in [6.07, 6.45) is 4.06. The Labute approximate surface area is 120 Å². The molecule has 2 heterocycles. The summed E-state index contributed by atoms with van der Waals surface area (Å²) in [5.74, 6) is 0.829. The predicted octanol–water partition coefficient (Wildman–Crippen LogP) is 4.08. The van der Waals surface area contributed by atoms with Crippen molar-refractivity contribution in [3.05, 3.63) is 52.8 Å². The minimum absolute atomic E-state index is 0.829. The standard InChI is InChI=1S/C15H13BrN2O/c1-10-5-6-18-9-14(17-15(18)7-10)12-4-3-11(19-2)8-13(12)16/h3-9H,1-2H3. The minimum atomic E-state index is 0.829. The molecule has 19 heavy (non-hydrogen) atoms. The molecule has 96 valence electrons. The van der Waals surface area contributed by atoms with E-state index < -0.39 is 0 Å². The Hall–Kier alpha value is -1.81. The molecule has 3 nitrogen and oxygen atoms in total. The summed E-state index contributed by atoms with van der Waals surface area (Å²) in [5.41, 5.74) is 4.17. The van der Waals surface area contributed by atoms with Crippen LogP contribution in [-0.4, -0.2) is 16.5 Å². The monoisotopic (exact) mass is 316 g/mol. The fraction of sp³-hybridized carbons (Fsp3) is 0.133. The molecule has 0 spiro atoms. The number of aryl methyl sites for hydroxylation is 1. The zero-order chi connectivity index (χ0) is 13.4. The van der Waals surface area contributed by atoms with E-state index in [0.717, 1.165) is 27.1 Å². The van der Waals surface area contributed by atoms with Crippen LogP contribution in [-0.2, 0) is 0 Å². The molecule has 2 aromatic heterocycles. The molecule has 0 unspecified atom stereocenters.